The summed E-state index contributed by atoms with van der Waals surface area (Å²) < 4.78 is 18.0. The molecule has 0 aliphatic carbocycles. The SMILES string of the molecule is CC(C)N1C(=O)N(Cc2ncnc(OCc3ccccc3)c2OCc2ccccc2)CC1c1ccc(C#Cc2ccc(CN3CCOCC3)nc2)cc1. The number of urea groups is 1. The molecule has 10 nitrogen and oxygen atoms in total. The van der Waals surface area contributed by atoms with Gasteiger partial charge in [0.25, 0.3) is 5.88 Å². The highest BCUT2D eigenvalue weighted by atomic mass is 16.5. The topological polar surface area (TPSA) is 93.2 Å². The third kappa shape index (κ3) is 9.19. The van der Waals surface area contributed by atoms with Crippen LogP contribution in [0.4, 0.5) is 4.79 Å². The molecule has 53 heavy (non-hydrogen) atoms. The van der Waals surface area contributed by atoms with Crippen LogP contribution in [-0.2, 0) is 31.0 Å². The Bertz CT molecular complexity index is 2010. The van der Waals surface area contributed by atoms with Gasteiger partial charge < -0.3 is 24.0 Å². The Balaban J connectivity index is 1.05. The normalized spacial score (nSPS) is 16.1. The molecule has 10 heteroatoms. The summed E-state index contributed by atoms with van der Waals surface area (Å²) in [6.07, 6.45) is 3.31. The van der Waals surface area contributed by atoms with Crippen LogP contribution in [0.2, 0.25) is 0 Å². The van der Waals surface area contributed by atoms with Crippen molar-refractivity contribution in [3.8, 4) is 23.5 Å². The van der Waals surface area contributed by atoms with Gasteiger partial charge in [-0.15, -0.1) is 0 Å². The molecule has 3 aromatic carbocycles. The number of carbonyl (C=O) groups is 1. The van der Waals surface area contributed by atoms with E-state index in [4.69, 9.17) is 14.2 Å². The third-order valence-electron chi connectivity index (χ3n) is 9.37. The van der Waals surface area contributed by atoms with Gasteiger partial charge in [-0.2, -0.15) is 4.98 Å². The van der Waals surface area contributed by atoms with Gasteiger partial charge in [-0.3, -0.25) is 9.88 Å². The molecular formula is C43H44N6O4. The predicted molar refractivity (Wildman–Crippen MR) is 202 cm³/mol. The van der Waals surface area contributed by atoms with Crippen LogP contribution >= 0.6 is 0 Å². The zero-order valence-corrected chi connectivity index (χ0v) is 30.2. The van der Waals surface area contributed by atoms with Crippen molar-refractivity contribution in [2.45, 2.75) is 52.2 Å². The number of carbonyl (C=O) groups excluding carboxylic acids is 1. The smallest absolute Gasteiger partial charge is 0.321 e. The minimum atomic E-state index is -0.142. The van der Waals surface area contributed by atoms with Crippen LogP contribution in [0.3, 0.4) is 0 Å². The second kappa shape index (κ2) is 17.2. The van der Waals surface area contributed by atoms with Crippen molar-refractivity contribution in [2.75, 3.05) is 32.8 Å². The molecule has 7 rings (SSSR count). The molecule has 1 atom stereocenters. The van der Waals surface area contributed by atoms with E-state index in [1.54, 1.807) is 0 Å². The van der Waals surface area contributed by atoms with Gasteiger partial charge in [-0.1, -0.05) is 84.6 Å². The van der Waals surface area contributed by atoms with Crippen molar-refractivity contribution < 1.29 is 19.0 Å². The predicted octanol–water partition coefficient (Wildman–Crippen LogP) is 6.65. The highest BCUT2D eigenvalue weighted by molar-refractivity contribution is 5.78. The summed E-state index contributed by atoms with van der Waals surface area (Å²) in [5.41, 5.74) is 6.44. The molecule has 0 N–H and O–H groups in total. The van der Waals surface area contributed by atoms with Crippen LogP contribution in [0, 0.1) is 11.8 Å². The first-order chi connectivity index (χ1) is 26.0. The molecule has 4 heterocycles. The number of morpholine rings is 1. The maximum absolute atomic E-state index is 14.0. The zero-order chi connectivity index (χ0) is 36.4. The van der Waals surface area contributed by atoms with Crippen molar-refractivity contribution in [1.29, 1.82) is 0 Å². The summed E-state index contributed by atoms with van der Waals surface area (Å²) in [4.78, 5) is 33.8. The number of hydrogen-bond acceptors (Lipinski definition) is 8. The Morgan fingerprint density at radius 3 is 2.09 bits per heavy atom. The molecule has 1 unspecified atom stereocenters. The van der Waals surface area contributed by atoms with Crippen LogP contribution in [0.25, 0.3) is 0 Å². The fourth-order valence-electron chi connectivity index (χ4n) is 6.55. The van der Waals surface area contributed by atoms with Crippen LogP contribution in [0.5, 0.6) is 11.6 Å². The molecular weight excluding hydrogens is 665 g/mol. The Hall–Kier alpha value is -5.76. The first kappa shape index (κ1) is 35.6. The van der Waals surface area contributed by atoms with Crippen LogP contribution < -0.4 is 9.47 Å². The molecule has 2 saturated heterocycles. The van der Waals surface area contributed by atoms with Crippen LogP contribution in [-0.4, -0.2) is 74.6 Å². The number of rotatable bonds is 12. The third-order valence-corrected chi connectivity index (χ3v) is 9.37. The second-order valence-corrected chi connectivity index (χ2v) is 13.5. The summed E-state index contributed by atoms with van der Waals surface area (Å²) in [6, 6.07) is 31.9. The van der Waals surface area contributed by atoms with Gasteiger partial charge in [0.15, 0.2) is 0 Å². The average Bonchev–Trinajstić information content (AvgIpc) is 3.53. The van der Waals surface area contributed by atoms with Gasteiger partial charge in [-0.25, -0.2) is 9.78 Å². The van der Waals surface area contributed by atoms with E-state index in [9.17, 15) is 4.79 Å². The van der Waals surface area contributed by atoms with E-state index in [0.29, 0.717) is 37.1 Å². The highest BCUT2D eigenvalue weighted by Gasteiger charge is 2.40. The van der Waals surface area contributed by atoms with E-state index in [1.807, 2.05) is 115 Å². The number of nitrogens with zero attached hydrogens (tertiary/aromatic N) is 6. The molecule has 0 bridgehead atoms. The number of aromatic nitrogens is 3. The molecule has 2 aliphatic rings. The Morgan fingerprint density at radius 2 is 1.43 bits per heavy atom. The van der Waals surface area contributed by atoms with Crippen molar-refractivity contribution in [3.05, 3.63) is 149 Å². The van der Waals surface area contributed by atoms with Gasteiger partial charge in [0, 0.05) is 49.5 Å². The Kier molecular flexibility index (Phi) is 11.5. The molecule has 0 spiro atoms. The minimum Gasteiger partial charge on any atom is -0.482 e. The summed E-state index contributed by atoms with van der Waals surface area (Å²) in [7, 11) is 0. The van der Waals surface area contributed by atoms with Gasteiger partial charge in [0.1, 0.15) is 25.2 Å². The zero-order valence-electron chi connectivity index (χ0n) is 30.2. The highest BCUT2D eigenvalue weighted by Crippen LogP contribution is 2.35. The molecule has 2 fully saturated rings. The van der Waals surface area contributed by atoms with Gasteiger partial charge in [0.2, 0.25) is 5.75 Å². The van der Waals surface area contributed by atoms with E-state index in [1.165, 1.54) is 6.33 Å². The molecule has 0 saturated carbocycles. The van der Waals surface area contributed by atoms with E-state index >= 15 is 0 Å². The fourth-order valence-corrected chi connectivity index (χ4v) is 6.55. The van der Waals surface area contributed by atoms with Crippen molar-refractivity contribution in [2.24, 2.45) is 0 Å². The lowest BCUT2D eigenvalue weighted by Gasteiger charge is -2.27. The van der Waals surface area contributed by atoms with E-state index < -0.39 is 0 Å². The summed E-state index contributed by atoms with van der Waals surface area (Å²) in [5, 5.41) is 0. The largest absolute Gasteiger partial charge is 0.482 e. The maximum atomic E-state index is 14.0. The van der Waals surface area contributed by atoms with Crippen molar-refractivity contribution in [1.82, 2.24) is 29.7 Å². The van der Waals surface area contributed by atoms with Crippen molar-refractivity contribution >= 4 is 6.03 Å². The number of pyridine rings is 1. The number of ether oxygens (including phenoxy) is 3. The minimum absolute atomic E-state index is 0.0142. The summed E-state index contributed by atoms with van der Waals surface area (Å²) in [5.74, 6) is 7.29. The quantitative estimate of drug-likeness (QED) is 0.133. The fraction of sp³-hybridized carbons (Fsp3) is 0.302. The number of amides is 2. The molecule has 2 aromatic heterocycles. The summed E-state index contributed by atoms with van der Waals surface area (Å²) >= 11 is 0. The van der Waals surface area contributed by atoms with E-state index in [-0.39, 0.29) is 24.7 Å². The van der Waals surface area contributed by atoms with Gasteiger partial charge in [0.05, 0.1) is 31.5 Å². The monoisotopic (exact) mass is 708 g/mol. The Morgan fingerprint density at radius 1 is 0.774 bits per heavy atom. The molecule has 2 amide bonds. The lowest BCUT2D eigenvalue weighted by atomic mass is 10.0. The average molecular weight is 709 g/mol. The van der Waals surface area contributed by atoms with Gasteiger partial charge in [-0.05, 0) is 54.8 Å². The van der Waals surface area contributed by atoms with Crippen LogP contribution in [0.1, 0.15) is 59.1 Å². The maximum Gasteiger partial charge on any atom is 0.321 e. The van der Waals surface area contributed by atoms with Gasteiger partial charge >= 0.3 is 6.03 Å². The lowest BCUT2D eigenvalue weighted by molar-refractivity contribution is 0.0336. The standard InChI is InChI=1S/C43H44N6O4/c1-32(2)49-40(37-18-15-33(16-19-37)13-14-34-17-20-38(44-25-34)26-47-21-23-51-24-22-47)28-48(43(49)50)27-39-41(52-29-35-9-5-3-6-10-35)42(46-31-45-39)53-30-36-11-7-4-8-12-36/h3-12,15-20,25,31-32,40H,21-24,26-30H2,1-2H3. The molecule has 270 valence electrons. The lowest BCUT2D eigenvalue weighted by Crippen LogP contribution is -2.37. The van der Waals surface area contributed by atoms with Crippen LogP contribution in [0.15, 0.2) is 110 Å². The van der Waals surface area contributed by atoms with Crippen molar-refractivity contribution in [3.63, 3.8) is 0 Å². The first-order valence-electron chi connectivity index (χ1n) is 18.1. The van der Waals surface area contributed by atoms with E-state index in [2.05, 4.69) is 43.8 Å². The first-order valence-corrected chi connectivity index (χ1v) is 18.1. The molecule has 2 aliphatic heterocycles. The Labute approximate surface area is 311 Å². The van der Waals surface area contributed by atoms with E-state index in [0.717, 1.165) is 66.4 Å². The molecule has 5 aromatic rings. The number of hydrogen-bond donors (Lipinski definition) is 0. The number of benzene rings is 3. The summed E-state index contributed by atoms with van der Waals surface area (Å²) in [6.45, 7) is 9.69. The molecule has 0 radical (unpaired) electrons. The second-order valence-electron chi connectivity index (χ2n) is 13.5.